The number of hydrogen-bond donors (Lipinski definition) is 2. The van der Waals surface area contributed by atoms with Crippen molar-refractivity contribution in [3.8, 4) is 6.07 Å². The van der Waals surface area contributed by atoms with Gasteiger partial charge in [-0.2, -0.15) is 5.26 Å². The zero-order chi connectivity index (χ0) is 14.3. The molecule has 1 amide bonds. The number of nitriles is 1. The summed E-state index contributed by atoms with van der Waals surface area (Å²) < 4.78 is 0. The van der Waals surface area contributed by atoms with Crippen LogP contribution in [0.5, 0.6) is 0 Å². The third-order valence-corrected chi connectivity index (χ3v) is 3.45. The molecule has 1 atom stereocenters. The maximum Gasteiger partial charge on any atom is 0.304 e. The van der Waals surface area contributed by atoms with Crippen LogP contribution in [0.25, 0.3) is 0 Å². The van der Waals surface area contributed by atoms with Crippen LogP contribution in [0.4, 0.5) is 5.69 Å². The Labute approximate surface area is 115 Å². The number of nitrogens with one attached hydrogen (secondary N) is 1. The first-order valence-corrected chi connectivity index (χ1v) is 6.70. The van der Waals surface area contributed by atoms with Gasteiger partial charge in [-0.3, -0.25) is 9.59 Å². The molecule has 0 aliphatic heterocycles. The first-order valence-electron chi connectivity index (χ1n) is 5.65. The van der Waals surface area contributed by atoms with Crippen LogP contribution in [0, 0.1) is 11.3 Å². The monoisotopic (exact) mass is 278 g/mol. The highest BCUT2D eigenvalue weighted by Gasteiger charge is 2.11. The number of hydrogen-bond acceptors (Lipinski definition) is 4. The van der Waals surface area contributed by atoms with Crippen molar-refractivity contribution in [2.75, 3.05) is 11.1 Å². The van der Waals surface area contributed by atoms with Crippen LogP contribution in [0.2, 0.25) is 0 Å². The number of anilines is 1. The number of benzene rings is 1. The van der Waals surface area contributed by atoms with Gasteiger partial charge in [0.1, 0.15) is 6.07 Å². The van der Waals surface area contributed by atoms with Crippen molar-refractivity contribution < 1.29 is 14.7 Å². The molecule has 19 heavy (non-hydrogen) atoms. The summed E-state index contributed by atoms with van der Waals surface area (Å²) in [6, 6.07) is 8.72. The Kier molecular flexibility index (Phi) is 5.90. The average Bonchev–Trinajstić information content (AvgIpc) is 2.36. The summed E-state index contributed by atoms with van der Waals surface area (Å²) in [6.07, 6.45) is 0.0206. The van der Waals surface area contributed by atoms with E-state index in [9.17, 15) is 9.59 Å². The van der Waals surface area contributed by atoms with E-state index in [2.05, 4.69) is 5.32 Å². The lowest BCUT2D eigenvalue weighted by atomic mass is 10.2. The molecule has 1 unspecified atom stereocenters. The van der Waals surface area contributed by atoms with E-state index in [4.69, 9.17) is 10.4 Å². The highest BCUT2D eigenvalue weighted by atomic mass is 32.2. The van der Waals surface area contributed by atoms with Crippen molar-refractivity contribution in [3.63, 3.8) is 0 Å². The average molecular weight is 278 g/mol. The zero-order valence-electron chi connectivity index (χ0n) is 10.4. The maximum absolute atomic E-state index is 11.7. The summed E-state index contributed by atoms with van der Waals surface area (Å²) in [7, 11) is 0. The lowest BCUT2D eigenvalue weighted by Gasteiger charge is -2.09. The van der Waals surface area contributed by atoms with Crippen LogP contribution in [-0.4, -0.2) is 28.0 Å². The molecular formula is C13H14N2O3S. The maximum atomic E-state index is 11.7. The zero-order valence-corrected chi connectivity index (χ0v) is 11.2. The molecule has 6 heteroatoms. The van der Waals surface area contributed by atoms with E-state index >= 15 is 0 Å². The molecule has 0 saturated carbocycles. The number of nitrogens with zero attached hydrogens (tertiary/aromatic N) is 1. The van der Waals surface area contributed by atoms with Gasteiger partial charge in [0.05, 0.1) is 23.4 Å². The Hall–Kier alpha value is -2.00. The quantitative estimate of drug-likeness (QED) is 0.831. The van der Waals surface area contributed by atoms with Crippen molar-refractivity contribution in [1.29, 1.82) is 5.26 Å². The third kappa shape index (κ3) is 5.44. The van der Waals surface area contributed by atoms with Gasteiger partial charge >= 0.3 is 5.97 Å². The van der Waals surface area contributed by atoms with Crippen LogP contribution in [-0.2, 0) is 9.59 Å². The van der Waals surface area contributed by atoms with Crippen LogP contribution in [0.15, 0.2) is 24.3 Å². The Morgan fingerprint density at radius 1 is 1.47 bits per heavy atom. The van der Waals surface area contributed by atoms with Crippen LogP contribution >= 0.6 is 11.8 Å². The Morgan fingerprint density at radius 2 is 2.16 bits per heavy atom. The van der Waals surface area contributed by atoms with E-state index < -0.39 is 5.97 Å². The number of carbonyl (C=O) groups is 2. The van der Waals surface area contributed by atoms with E-state index in [1.165, 1.54) is 11.8 Å². The van der Waals surface area contributed by atoms with Crippen LogP contribution in [0.3, 0.4) is 0 Å². The van der Waals surface area contributed by atoms with E-state index in [0.717, 1.165) is 0 Å². The molecule has 0 saturated heterocycles. The summed E-state index contributed by atoms with van der Waals surface area (Å²) in [5, 5.41) is 20.0. The van der Waals surface area contributed by atoms with Gasteiger partial charge in [0.15, 0.2) is 0 Å². The minimum atomic E-state index is -0.879. The minimum Gasteiger partial charge on any atom is -0.481 e. The molecule has 0 spiro atoms. The molecule has 0 bridgehead atoms. The van der Waals surface area contributed by atoms with E-state index in [1.54, 1.807) is 31.2 Å². The topological polar surface area (TPSA) is 90.2 Å². The third-order valence-electron chi connectivity index (χ3n) is 2.28. The molecule has 1 rings (SSSR count). The lowest BCUT2D eigenvalue weighted by Crippen LogP contribution is -2.17. The van der Waals surface area contributed by atoms with E-state index in [1.807, 2.05) is 6.07 Å². The Balaban J connectivity index is 2.48. The first-order chi connectivity index (χ1) is 9.02. The van der Waals surface area contributed by atoms with Crippen molar-refractivity contribution in [2.45, 2.75) is 18.6 Å². The first kappa shape index (κ1) is 15.1. The Morgan fingerprint density at radius 3 is 2.79 bits per heavy atom. The van der Waals surface area contributed by atoms with Crippen molar-refractivity contribution in [2.24, 2.45) is 0 Å². The Bertz CT molecular complexity index is 511. The van der Waals surface area contributed by atoms with Crippen molar-refractivity contribution in [3.05, 3.63) is 29.8 Å². The van der Waals surface area contributed by atoms with Gasteiger partial charge in [0.25, 0.3) is 0 Å². The number of amides is 1. The molecule has 0 heterocycles. The molecule has 1 aromatic carbocycles. The molecule has 0 aromatic heterocycles. The molecular weight excluding hydrogens is 264 g/mol. The van der Waals surface area contributed by atoms with Gasteiger partial charge in [-0.05, 0) is 12.1 Å². The van der Waals surface area contributed by atoms with Gasteiger partial charge in [-0.15, -0.1) is 11.8 Å². The van der Waals surface area contributed by atoms with Crippen molar-refractivity contribution in [1.82, 2.24) is 0 Å². The highest BCUT2D eigenvalue weighted by Crippen LogP contribution is 2.17. The van der Waals surface area contributed by atoms with Crippen LogP contribution in [0.1, 0.15) is 18.9 Å². The molecule has 0 fully saturated rings. The standard InChI is InChI=1S/C13H14N2O3S/c1-9(6-13(17)18)19-8-12(16)15-11-5-3-2-4-10(11)7-14/h2-5,9H,6,8H2,1H3,(H,15,16)(H,17,18). The number of aliphatic carboxylic acids is 1. The van der Waals surface area contributed by atoms with Crippen molar-refractivity contribution >= 4 is 29.3 Å². The van der Waals surface area contributed by atoms with Gasteiger partial charge in [0.2, 0.25) is 5.91 Å². The number of carboxylic acids is 1. The van der Waals surface area contributed by atoms with Crippen LogP contribution < -0.4 is 5.32 Å². The molecule has 5 nitrogen and oxygen atoms in total. The SMILES string of the molecule is CC(CC(=O)O)SCC(=O)Nc1ccccc1C#N. The van der Waals surface area contributed by atoms with E-state index in [-0.39, 0.29) is 23.3 Å². The summed E-state index contributed by atoms with van der Waals surface area (Å²) in [5.74, 6) is -0.964. The van der Waals surface area contributed by atoms with Gasteiger partial charge < -0.3 is 10.4 Å². The summed E-state index contributed by atoms with van der Waals surface area (Å²) in [5.41, 5.74) is 0.876. The molecule has 0 aliphatic rings. The fourth-order valence-electron chi connectivity index (χ4n) is 1.40. The van der Waals surface area contributed by atoms with E-state index in [0.29, 0.717) is 11.3 Å². The van der Waals surface area contributed by atoms with Gasteiger partial charge in [-0.1, -0.05) is 19.1 Å². The second kappa shape index (κ2) is 7.44. The molecule has 0 aliphatic carbocycles. The fraction of sp³-hybridized carbons (Fsp3) is 0.308. The molecule has 100 valence electrons. The molecule has 1 aromatic rings. The number of carboxylic acid groups (broad SMARTS) is 1. The summed E-state index contributed by atoms with van der Waals surface area (Å²) in [6.45, 7) is 1.76. The molecule has 0 radical (unpaired) electrons. The lowest BCUT2D eigenvalue weighted by molar-refractivity contribution is -0.136. The van der Waals surface area contributed by atoms with Gasteiger partial charge in [0, 0.05) is 5.25 Å². The largest absolute Gasteiger partial charge is 0.481 e. The molecule has 2 N–H and O–H groups in total. The second-order valence-corrected chi connectivity index (χ2v) is 5.35. The second-order valence-electron chi connectivity index (χ2n) is 3.93. The number of rotatable bonds is 6. The summed E-state index contributed by atoms with van der Waals surface area (Å²) >= 11 is 1.27. The predicted octanol–water partition coefficient (Wildman–Crippen LogP) is 2.09. The minimum absolute atomic E-state index is 0.0206. The predicted molar refractivity (Wildman–Crippen MR) is 74.0 cm³/mol. The number of thioether (sulfide) groups is 1. The smallest absolute Gasteiger partial charge is 0.304 e. The van der Waals surface area contributed by atoms with Gasteiger partial charge in [-0.25, -0.2) is 0 Å². The number of para-hydroxylation sites is 1. The summed E-state index contributed by atoms with van der Waals surface area (Å²) in [4.78, 5) is 22.2. The highest BCUT2D eigenvalue weighted by molar-refractivity contribution is 8.00. The number of carbonyl (C=O) groups excluding carboxylic acids is 1. The normalized spacial score (nSPS) is 11.4. The fourth-order valence-corrected chi connectivity index (χ4v) is 2.17.